The van der Waals surface area contributed by atoms with Crippen molar-refractivity contribution in [3.8, 4) is 5.75 Å². The van der Waals surface area contributed by atoms with Crippen LogP contribution in [-0.4, -0.2) is 38.2 Å². The summed E-state index contributed by atoms with van der Waals surface area (Å²) in [6, 6.07) is 6.91. The van der Waals surface area contributed by atoms with Crippen LogP contribution in [0.25, 0.3) is 0 Å². The Morgan fingerprint density at radius 2 is 2.10 bits per heavy atom. The molecule has 1 aliphatic rings. The van der Waals surface area contributed by atoms with Crippen LogP contribution in [0.5, 0.6) is 5.75 Å². The van der Waals surface area contributed by atoms with Crippen LogP contribution in [0.2, 0.25) is 0 Å². The maximum atomic E-state index is 12.0. The van der Waals surface area contributed by atoms with Gasteiger partial charge in [-0.05, 0) is 31.2 Å². The van der Waals surface area contributed by atoms with Gasteiger partial charge in [0, 0.05) is 25.2 Å². The minimum absolute atomic E-state index is 0.0111. The van der Waals surface area contributed by atoms with Crippen LogP contribution in [0.15, 0.2) is 24.3 Å². The number of hydrogen-bond acceptors (Lipinski definition) is 3. The molecular formula is C14H19N3O3. The summed E-state index contributed by atoms with van der Waals surface area (Å²) in [5.41, 5.74) is 0.816. The third-order valence-electron chi connectivity index (χ3n) is 3.18. The van der Waals surface area contributed by atoms with Crippen molar-refractivity contribution in [1.82, 2.24) is 10.6 Å². The summed E-state index contributed by atoms with van der Waals surface area (Å²) in [5, 5.41) is 5.46. The van der Waals surface area contributed by atoms with Crippen molar-refractivity contribution in [3.05, 3.63) is 24.3 Å². The summed E-state index contributed by atoms with van der Waals surface area (Å²) in [6.07, 6.45) is 0.323. The Morgan fingerprint density at radius 3 is 2.70 bits per heavy atom. The topological polar surface area (TPSA) is 70.7 Å². The van der Waals surface area contributed by atoms with E-state index in [1.165, 1.54) is 0 Å². The normalized spacial score (nSPS) is 18.0. The van der Waals surface area contributed by atoms with E-state index in [2.05, 4.69) is 10.6 Å². The van der Waals surface area contributed by atoms with E-state index in [9.17, 15) is 9.59 Å². The summed E-state index contributed by atoms with van der Waals surface area (Å²) in [4.78, 5) is 25.1. The molecule has 0 aliphatic carbocycles. The predicted molar refractivity (Wildman–Crippen MR) is 76.0 cm³/mol. The van der Waals surface area contributed by atoms with Crippen LogP contribution in [0, 0.1) is 0 Å². The molecule has 0 unspecified atom stereocenters. The van der Waals surface area contributed by atoms with E-state index >= 15 is 0 Å². The highest BCUT2D eigenvalue weighted by Gasteiger charge is 2.31. The average molecular weight is 277 g/mol. The first kappa shape index (κ1) is 14.2. The van der Waals surface area contributed by atoms with Gasteiger partial charge in [-0.25, -0.2) is 4.79 Å². The lowest BCUT2D eigenvalue weighted by Crippen LogP contribution is -2.43. The maximum Gasteiger partial charge on any atom is 0.315 e. The lowest BCUT2D eigenvalue weighted by Gasteiger charge is -2.17. The van der Waals surface area contributed by atoms with Crippen molar-refractivity contribution in [2.45, 2.75) is 19.4 Å². The number of ether oxygens (including phenoxy) is 1. The number of nitrogens with one attached hydrogen (secondary N) is 2. The van der Waals surface area contributed by atoms with Crippen molar-refractivity contribution >= 4 is 17.6 Å². The van der Waals surface area contributed by atoms with Gasteiger partial charge in [0.2, 0.25) is 5.91 Å². The highest BCUT2D eigenvalue weighted by Crippen LogP contribution is 2.23. The molecule has 20 heavy (non-hydrogen) atoms. The fourth-order valence-electron chi connectivity index (χ4n) is 2.21. The summed E-state index contributed by atoms with van der Waals surface area (Å²) >= 11 is 0. The molecule has 1 aromatic carbocycles. The zero-order valence-corrected chi connectivity index (χ0v) is 11.7. The van der Waals surface area contributed by atoms with Gasteiger partial charge in [-0.2, -0.15) is 0 Å². The Balaban J connectivity index is 1.99. The molecule has 0 bridgehead atoms. The molecular weight excluding hydrogens is 258 g/mol. The minimum atomic E-state index is -0.234. The van der Waals surface area contributed by atoms with E-state index in [4.69, 9.17) is 4.74 Å². The molecule has 3 amide bonds. The first-order valence-corrected chi connectivity index (χ1v) is 6.62. The molecule has 1 heterocycles. The molecule has 1 atom stereocenters. The molecule has 1 aliphatic heterocycles. The average Bonchev–Trinajstić information content (AvgIpc) is 2.80. The summed E-state index contributed by atoms with van der Waals surface area (Å²) < 4.78 is 5.09. The zero-order chi connectivity index (χ0) is 14.5. The van der Waals surface area contributed by atoms with Crippen LogP contribution in [-0.2, 0) is 4.79 Å². The number of anilines is 1. The van der Waals surface area contributed by atoms with Crippen molar-refractivity contribution in [3.63, 3.8) is 0 Å². The van der Waals surface area contributed by atoms with Gasteiger partial charge in [-0.3, -0.25) is 4.79 Å². The number of methoxy groups -OCH3 is 1. The van der Waals surface area contributed by atoms with Crippen LogP contribution in [0.4, 0.5) is 10.5 Å². The van der Waals surface area contributed by atoms with E-state index in [0.29, 0.717) is 19.5 Å². The van der Waals surface area contributed by atoms with Crippen molar-refractivity contribution < 1.29 is 14.3 Å². The molecule has 2 rings (SSSR count). The summed E-state index contributed by atoms with van der Waals surface area (Å²) in [6.45, 7) is 2.90. The lowest BCUT2D eigenvalue weighted by atomic mass is 10.2. The smallest absolute Gasteiger partial charge is 0.315 e. The molecule has 108 valence electrons. The standard InChI is InChI=1S/C14H19N3O3/c1-3-15-14(19)16-10-8-13(18)17(9-10)11-4-6-12(20-2)7-5-11/h4-7,10H,3,8-9H2,1-2H3,(H2,15,16,19)/t10-/m0/s1. The Labute approximate surface area is 118 Å². The molecule has 0 aromatic heterocycles. The quantitative estimate of drug-likeness (QED) is 0.866. The SMILES string of the molecule is CCNC(=O)N[C@H]1CC(=O)N(c2ccc(OC)cc2)C1. The molecule has 6 heteroatoms. The molecule has 0 spiro atoms. The molecule has 1 aromatic rings. The van der Waals surface area contributed by atoms with Crippen molar-refractivity contribution in [2.75, 3.05) is 25.1 Å². The number of urea groups is 1. The van der Waals surface area contributed by atoms with Gasteiger partial charge in [0.1, 0.15) is 5.75 Å². The Kier molecular flexibility index (Phi) is 4.45. The third kappa shape index (κ3) is 3.20. The molecule has 0 radical (unpaired) electrons. The van der Waals surface area contributed by atoms with Gasteiger partial charge >= 0.3 is 6.03 Å². The van der Waals surface area contributed by atoms with E-state index < -0.39 is 0 Å². The first-order chi connectivity index (χ1) is 9.63. The van der Waals surface area contributed by atoms with E-state index in [1.807, 2.05) is 31.2 Å². The Hall–Kier alpha value is -2.24. The number of nitrogens with zero attached hydrogens (tertiary/aromatic N) is 1. The van der Waals surface area contributed by atoms with Crippen LogP contribution in [0.3, 0.4) is 0 Å². The van der Waals surface area contributed by atoms with Gasteiger partial charge in [-0.1, -0.05) is 0 Å². The van der Waals surface area contributed by atoms with Crippen LogP contribution >= 0.6 is 0 Å². The van der Waals surface area contributed by atoms with Gasteiger partial charge in [-0.15, -0.1) is 0 Å². The Morgan fingerprint density at radius 1 is 1.40 bits per heavy atom. The minimum Gasteiger partial charge on any atom is -0.497 e. The van der Waals surface area contributed by atoms with E-state index in [1.54, 1.807) is 12.0 Å². The maximum absolute atomic E-state index is 12.0. The van der Waals surface area contributed by atoms with Crippen molar-refractivity contribution in [2.24, 2.45) is 0 Å². The Bertz CT molecular complexity index is 487. The lowest BCUT2D eigenvalue weighted by molar-refractivity contribution is -0.117. The molecule has 1 saturated heterocycles. The number of benzene rings is 1. The number of hydrogen-bond donors (Lipinski definition) is 2. The van der Waals surface area contributed by atoms with E-state index in [-0.39, 0.29) is 18.0 Å². The summed E-state index contributed by atoms with van der Waals surface area (Å²) in [7, 11) is 1.60. The number of carbonyl (C=O) groups excluding carboxylic acids is 2. The number of carbonyl (C=O) groups is 2. The second kappa shape index (κ2) is 6.27. The largest absolute Gasteiger partial charge is 0.497 e. The highest BCUT2D eigenvalue weighted by molar-refractivity contribution is 5.96. The van der Waals surface area contributed by atoms with Gasteiger partial charge in [0.15, 0.2) is 0 Å². The molecule has 2 N–H and O–H groups in total. The highest BCUT2D eigenvalue weighted by atomic mass is 16.5. The predicted octanol–water partition coefficient (Wildman–Crippen LogP) is 1.12. The second-order valence-electron chi connectivity index (χ2n) is 4.61. The fraction of sp³-hybridized carbons (Fsp3) is 0.429. The van der Waals surface area contributed by atoms with Crippen molar-refractivity contribution in [1.29, 1.82) is 0 Å². The van der Waals surface area contributed by atoms with Crippen LogP contribution in [0.1, 0.15) is 13.3 Å². The molecule has 1 fully saturated rings. The zero-order valence-electron chi connectivity index (χ0n) is 11.7. The molecule has 0 saturated carbocycles. The van der Waals surface area contributed by atoms with E-state index in [0.717, 1.165) is 11.4 Å². The summed E-state index contributed by atoms with van der Waals surface area (Å²) in [5.74, 6) is 0.759. The molecule has 6 nitrogen and oxygen atoms in total. The first-order valence-electron chi connectivity index (χ1n) is 6.62. The number of rotatable bonds is 4. The van der Waals surface area contributed by atoms with Gasteiger partial charge < -0.3 is 20.3 Å². The van der Waals surface area contributed by atoms with Gasteiger partial charge in [0.25, 0.3) is 0 Å². The fourth-order valence-corrected chi connectivity index (χ4v) is 2.21. The monoisotopic (exact) mass is 277 g/mol. The van der Waals surface area contributed by atoms with Gasteiger partial charge in [0.05, 0.1) is 13.2 Å². The second-order valence-corrected chi connectivity index (χ2v) is 4.61. The number of amides is 3. The van der Waals surface area contributed by atoms with Crippen LogP contribution < -0.4 is 20.3 Å². The third-order valence-corrected chi connectivity index (χ3v) is 3.18.